The van der Waals surface area contributed by atoms with Crippen LogP contribution in [0.3, 0.4) is 0 Å². The van der Waals surface area contributed by atoms with E-state index < -0.39 is 0 Å². The van der Waals surface area contributed by atoms with Crippen molar-refractivity contribution in [2.45, 2.75) is 12.5 Å². The Kier molecular flexibility index (Phi) is 4.01. The van der Waals surface area contributed by atoms with E-state index in [4.69, 9.17) is 9.47 Å². The molecule has 0 unspecified atom stereocenters. The third-order valence-electron chi connectivity index (χ3n) is 4.41. The van der Waals surface area contributed by atoms with E-state index >= 15 is 0 Å². The maximum absolute atomic E-state index is 12.3. The van der Waals surface area contributed by atoms with E-state index in [2.05, 4.69) is 5.32 Å². The van der Waals surface area contributed by atoms with E-state index in [1.54, 1.807) is 29.2 Å². The van der Waals surface area contributed by atoms with Gasteiger partial charge in [-0.1, -0.05) is 18.2 Å². The maximum atomic E-state index is 12.3. The summed E-state index contributed by atoms with van der Waals surface area (Å²) < 4.78 is 10.7. The topological polar surface area (TPSA) is 67.9 Å². The van der Waals surface area contributed by atoms with Crippen LogP contribution in [0, 0.1) is 0 Å². The Morgan fingerprint density at radius 3 is 2.68 bits per heavy atom. The van der Waals surface area contributed by atoms with Crippen molar-refractivity contribution >= 4 is 17.7 Å². The van der Waals surface area contributed by atoms with Crippen molar-refractivity contribution in [2.24, 2.45) is 0 Å². The number of benzene rings is 2. The summed E-state index contributed by atoms with van der Waals surface area (Å²) in [4.78, 5) is 25.4. The monoisotopic (exact) mass is 338 g/mol. The van der Waals surface area contributed by atoms with Crippen LogP contribution >= 0.6 is 0 Å². The molecular formula is C19H18N2O4. The fourth-order valence-corrected chi connectivity index (χ4v) is 3.10. The predicted octanol–water partition coefficient (Wildman–Crippen LogP) is 2.38. The Balaban J connectivity index is 1.33. The molecule has 2 aliphatic rings. The molecule has 0 bridgehead atoms. The SMILES string of the molecule is O=C(NC[C@@H]1Cc2ccccc2O1)c1ccc(N2CCOC2=O)cc1. The number of carbonyl (C=O) groups is 2. The number of anilines is 1. The molecule has 25 heavy (non-hydrogen) atoms. The van der Waals surface area contributed by atoms with Crippen molar-refractivity contribution in [3.05, 3.63) is 59.7 Å². The molecule has 2 aliphatic heterocycles. The van der Waals surface area contributed by atoms with E-state index in [0.717, 1.165) is 17.9 Å². The summed E-state index contributed by atoms with van der Waals surface area (Å²) in [7, 11) is 0. The minimum absolute atomic E-state index is 0.0417. The summed E-state index contributed by atoms with van der Waals surface area (Å²) in [5.41, 5.74) is 2.45. The zero-order valence-electron chi connectivity index (χ0n) is 13.6. The van der Waals surface area contributed by atoms with Crippen LogP contribution in [0.4, 0.5) is 10.5 Å². The van der Waals surface area contributed by atoms with Gasteiger partial charge in [0.15, 0.2) is 0 Å². The van der Waals surface area contributed by atoms with Gasteiger partial charge in [0, 0.05) is 17.7 Å². The number of nitrogens with zero attached hydrogens (tertiary/aromatic N) is 1. The highest BCUT2D eigenvalue weighted by Crippen LogP contribution is 2.27. The van der Waals surface area contributed by atoms with Gasteiger partial charge in [-0.05, 0) is 35.9 Å². The molecule has 128 valence electrons. The quantitative estimate of drug-likeness (QED) is 0.929. The summed E-state index contributed by atoms with van der Waals surface area (Å²) in [5.74, 6) is 0.735. The van der Waals surface area contributed by atoms with Crippen LogP contribution in [0.25, 0.3) is 0 Å². The molecule has 1 fully saturated rings. The van der Waals surface area contributed by atoms with Gasteiger partial charge in [-0.15, -0.1) is 0 Å². The average Bonchev–Trinajstić information content (AvgIpc) is 3.25. The molecule has 2 aromatic rings. The van der Waals surface area contributed by atoms with Gasteiger partial charge in [-0.2, -0.15) is 0 Å². The number of nitrogens with one attached hydrogen (secondary N) is 1. The van der Waals surface area contributed by atoms with Crippen molar-refractivity contribution in [3.8, 4) is 5.75 Å². The summed E-state index contributed by atoms with van der Waals surface area (Å²) in [6.07, 6.45) is 0.405. The highest BCUT2D eigenvalue weighted by atomic mass is 16.6. The summed E-state index contributed by atoms with van der Waals surface area (Å²) in [6, 6.07) is 14.8. The standard InChI is InChI=1S/C19H18N2O4/c22-18(20-12-16-11-14-3-1-2-4-17(14)25-16)13-5-7-15(8-6-13)21-9-10-24-19(21)23/h1-8,16H,9-12H2,(H,20,22)/t16-/m0/s1. The Morgan fingerprint density at radius 1 is 1.16 bits per heavy atom. The molecule has 2 heterocycles. The van der Waals surface area contributed by atoms with Gasteiger partial charge in [0.05, 0.1) is 13.1 Å². The van der Waals surface area contributed by atoms with E-state index in [9.17, 15) is 9.59 Å². The van der Waals surface area contributed by atoms with Crippen LogP contribution in [0.5, 0.6) is 5.75 Å². The van der Waals surface area contributed by atoms with E-state index in [-0.39, 0.29) is 18.1 Å². The number of cyclic esters (lactones) is 1. The molecule has 2 aromatic carbocycles. The molecule has 4 rings (SSSR count). The normalized spacial score (nSPS) is 18.5. The summed E-state index contributed by atoms with van der Waals surface area (Å²) in [6.45, 7) is 1.38. The van der Waals surface area contributed by atoms with Crippen LogP contribution in [0.2, 0.25) is 0 Å². The number of fused-ring (bicyclic) bond motifs is 1. The van der Waals surface area contributed by atoms with Crippen molar-refractivity contribution in [3.63, 3.8) is 0 Å². The molecule has 1 atom stereocenters. The van der Waals surface area contributed by atoms with Crippen LogP contribution in [-0.2, 0) is 11.2 Å². The second-order valence-corrected chi connectivity index (χ2v) is 6.07. The predicted molar refractivity (Wildman–Crippen MR) is 92.0 cm³/mol. The van der Waals surface area contributed by atoms with Gasteiger partial charge >= 0.3 is 6.09 Å². The molecule has 1 N–H and O–H groups in total. The fraction of sp³-hybridized carbons (Fsp3) is 0.263. The highest BCUT2D eigenvalue weighted by Gasteiger charge is 2.24. The number of amides is 2. The molecule has 2 amide bonds. The number of ether oxygens (including phenoxy) is 2. The molecule has 6 heteroatoms. The van der Waals surface area contributed by atoms with Crippen molar-refractivity contribution in [1.29, 1.82) is 0 Å². The highest BCUT2D eigenvalue weighted by molar-refractivity contribution is 5.95. The fourth-order valence-electron chi connectivity index (χ4n) is 3.10. The largest absolute Gasteiger partial charge is 0.488 e. The number of hydrogen-bond donors (Lipinski definition) is 1. The van der Waals surface area contributed by atoms with Gasteiger partial charge in [-0.3, -0.25) is 9.69 Å². The molecule has 0 saturated carbocycles. The summed E-state index contributed by atoms with van der Waals surface area (Å²) in [5, 5.41) is 2.90. The second-order valence-electron chi connectivity index (χ2n) is 6.07. The van der Waals surface area contributed by atoms with Gasteiger partial charge in [0.25, 0.3) is 5.91 Å². The second kappa shape index (κ2) is 6.47. The van der Waals surface area contributed by atoms with Gasteiger partial charge < -0.3 is 14.8 Å². The minimum Gasteiger partial charge on any atom is -0.488 e. The first-order valence-corrected chi connectivity index (χ1v) is 8.28. The minimum atomic E-state index is -0.352. The van der Waals surface area contributed by atoms with Crippen molar-refractivity contribution in [1.82, 2.24) is 5.32 Å². The van der Waals surface area contributed by atoms with Crippen LogP contribution in [0.1, 0.15) is 15.9 Å². The molecule has 0 spiro atoms. The van der Waals surface area contributed by atoms with E-state index in [1.165, 1.54) is 5.56 Å². The van der Waals surface area contributed by atoms with E-state index in [0.29, 0.717) is 25.3 Å². The molecule has 6 nitrogen and oxygen atoms in total. The maximum Gasteiger partial charge on any atom is 0.414 e. The van der Waals surface area contributed by atoms with Gasteiger partial charge in [0.2, 0.25) is 0 Å². The number of para-hydroxylation sites is 1. The molecule has 0 aromatic heterocycles. The lowest BCUT2D eigenvalue weighted by Gasteiger charge is -2.14. The Labute approximate surface area is 145 Å². The first-order chi connectivity index (χ1) is 12.2. The van der Waals surface area contributed by atoms with E-state index in [1.807, 2.05) is 24.3 Å². The smallest absolute Gasteiger partial charge is 0.414 e. The number of carbonyl (C=O) groups excluding carboxylic acids is 2. The lowest BCUT2D eigenvalue weighted by molar-refractivity contribution is 0.0933. The molecular weight excluding hydrogens is 320 g/mol. The van der Waals surface area contributed by atoms with Crippen LogP contribution < -0.4 is 15.0 Å². The lowest BCUT2D eigenvalue weighted by Crippen LogP contribution is -2.34. The third-order valence-corrected chi connectivity index (χ3v) is 4.41. The number of rotatable bonds is 4. The molecule has 1 saturated heterocycles. The van der Waals surface area contributed by atoms with Gasteiger partial charge in [0.1, 0.15) is 18.5 Å². The van der Waals surface area contributed by atoms with Crippen molar-refractivity contribution in [2.75, 3.05) is 24.6 Å². The average molecular weight is 338 g/mol. The van der Waals surface area contributed by atoms with Gasteiger partial charge in [-0.25, -0.2) is 4.79 Å². The van der Waals surface area contributed by atoms with Crippen molar-refractivity contribution < 1.29 is 19.1 Å². The Hall–Kier alpha value is -3.02. The third kappa shape index (κ3) is 3.15. The lowest BCUT2D eigenvalue weighted by atomic mass is 10.1. The van der Waals surface area contributed by atoms with Crippen LogP contribution in [-0.4, -0.2) is 37.8 Å². The molecule has 0 aliphatic carbocycles. The summed E-state index contributed by atoms with van der Waals surface area (Å²) >= 11 is 0. The first kappa shape index (κ1) is 15.5. The Morgan fingerprint density at radius 2 is 1.96 bits per heavy atom. The molecule has 0 radical (unpaired) electrons. The number of hydrogen-bond acceptors (Lipinski definition) is 4. The Bertz CT molecular complexity index is 778. The first-order valence-electron chi connectivity index (χ1n) is 8.28. The zero-order valence-corrected chi connectivity index (χ0v) is 13.6. The zero-order chi connectivity index (χ0) is 17.2. The van der Waals surface area contributed by atoms with Crippen LogP contribution in [0.15, 0.2) is 48.5 Å².